The zero-order chi connectivity index (χ0) is 13.5. The lowest BCUT2D eigenvalue weighted by Crippen LogP contribution is -2.44. The molecule has 0 amide bonds. The van der Waals surface area contributed by atoms with Gasteiger partial charge in [0.25, 0.3) is 0 Å². The summed E-state index contributed by atoms with van der Waals surface area (Å²) in [6, 6.07) is 9.03. The molecule has 1 heterocycles. The molecule has 2 rings (SSSR count). The van der Waals surface area contributed by atoms with Gasteiger partial charge in [-0.15, -0.1) is 0 Å². The number of rotatable bonds is 6. The number of nitrogens with one attached hydrogen (secondary N) is 1. The van der Waals surface area contributed by atoms with Crippen molar-refractivity contribution in [3.63, 3.8) is 0 Å². The van der Waals surface area contributed by atoms with E-state index in [2.05, 4.69) is 48.3 Å². The molecule has 3 heteroatoms. The van der Waals surface area contributed by atoms with E-state index < -0.39 is 0 Å². The fraction of sp³-hybridized carbons (Fsp3) is 0.625. The van der Waals surface area contributed by atoms with Crippen LogP contribution in [0.5, 0.6) is 5.75 Å². The number of nitrogens with zero attached hydrogens (tertiary/aromatic N) is 1. The zero-order valence-corrected chi connectivity index (χ0v) is 12.2. The number of ether oxygens (including phenoxy) is 1. The summed E-state index contributed by atoms with van der Waals surface area (Å²) in [7, 11) is 0. The van der Waals surface area contributed by atoms with Gasteiger partial charge in [-0.05, 0) is 51.5 Å². The molecule has 0 aliphatic carbocycles. The van der Waals surface area contributed by atoms with E-state index in [1.165, 1.54) is 18.4 Å². The molecule has 0 atom stereocenters. The third-order valence-electron chi connectivity index (χ3n) is 3.90. The predicted octanol–water partition coefficient (Wildman–Crippen LogP) is 2.45. The molecular weight excluding hydrogens is 236 g/mol. The molecule has 1 aromatic rings. The highest BCUT2D eigenvalue weighted by Crippen LogP contribution is 2.13. The molecule has 0 spiro atoms. The van der Waals surface area contributed by atoms with E-state index in [0.29, 0.717) is 0 Å². The monoisotopic (exact) mass is 262 g/mol. The van der Waals surface area contributed by atoms with Gasteiger partial charge in [0.15, 0.2) is 0 Å². The SMILES string of the molecule is CCN(CCOc1ccc(C)cc1)C1CCNCC1. The Morgan fingerprint density at radius 2 is 1.89 bits per heavy atom. The average Bonchev–Trinajstić information content (AvgIpc) is 2.46. The molecule has 0 radical (unpaired) electrons. The topological polar surface area (TPSA) is 24.5 Å². The van der Waals surface area contributed by atoms with Crippen molar-refractivity contribution >= 4 is 0 Å². The van der Waals surface area contributed by atoms with E-state index in [0.717, 1.165) is 44.6 Å². The summed E-state index contributed by atoms with van der Waals surface area (Å²) in [4.78, 5) is 2.55. The second-order valence-electron chi connectivity index (χ2n) is 5.27. The number of aryl methyl sites for hydroxylation is 1. The van der Waals surface area contributed by atoms with Crippen LogP contribution >= 0.6 is 0 Å². The third kappa shape index (κ3) is 4.51. The summed E-state index contributed by atoms with van der Waals surface area (Å²) in [5.74, 6) is 0.979. The largest absolute Gasteiger partial charge is 0.492 e. The Morgan fingerprint density at radius 1 is 1.21 bits per heavy atom. The molecule has 1 aliphatic heterocycles. The van der Waals surface area contributed by atoms with Crippen molar-refractivity contribution < 1.29 is 4.74 Å². The lowest BCUT2D eigenvalue weighted by Gasteiger charge is -2.33. The van der Waals surface area contributed by atoms with E-state index in [1.807, 2.05) is 0 Å². The highest BCUT2D eigenvalue weighted by Gasteiger charge is 2.19. The fourth-order valence-electron chi connectivity index (χ4n) is 2.69. The maximum atomic E-state index is 5.83. The van der Waals surface area contributed by atoms with Crippen LogP contribution in [-0.2, 0) is 0 Å². The van der Waals surface area contributed by atoms with Crippen LogP contribution in [0.3, 0.4) is 0 Å². The van der Waals surface area contributed by atoms with E-state index >= 15 is 0 Å². The van der Waals surface area contributed by atoms with Crippen molar-refractivity contribution in [2.75, 3.05) is 32.8 Å². The molecule has 106 valence electrons. The van der Waals surface area contributed by atoms with Crippen LogP contribution in [-0.4, -0.2) is 43.7 Å². The van der Waals surface area contributed by atoms with E-state index in [1.54, 1.807) is 0 Å². The second-order valence-corrected chi connectivity index (χ2v) is 5.27. The van der Waals surface area contributed by atoms with Crippen LogP contribution in [0.4, 0.5) is 0 Å². The van der Waals surface area contributed by atoms with Gasteiger partial charge in [-0.2, -0.15) is 0 Å². The number of hydrogen-bond donors (Lipinski definition) is 1. The Bertz CT molecular complexity index is 358. The highest BCUT2D eigenvalue weighted by atomic mass is 16.5. The highest BCUT2D eigenvalue weighted by molar-refractivity contribution is 5.26. The first kappa shape index (κ1) is 14.4. The average molecular weight is 262 g/mol. The van der Waals surface area contributed by atoms with Crippen LogP contribution in [0, 0.1) is 6.92 Å². The molecule has 19 heavy (non-hydrogen) atoms. The van der Waals surface area contributed by atoms with Crippen molar-refractivity contribution in [1.29, 1.82) is 0 Å². The Labute approximate surface area is 116 Å². The Hall–Kier alpha value is -1.06. The second kappa shape index (κ2) is 7.51. The molecule has 0 bridgehead atoms. The molecule has 0 saturated carbocycles. The van der Waals surface area contributed by atoms with Gasteiger partial charge < -0.3 is 10.1 Å². The first-order chi connectivity index (χ1) is 9.29. The molecular formula is C16H26N2O. The Morgan fingerprint density at radius 3 is 2.53 bits per heavy atom. The fourth-order valence-corrected chi connectivity index (χ4v) is 2.69. The quantitative estimate of drug-likeness (QED) is 0.852. The Kier molecular flexibility index (Phi) is 5.67. The minimum atomic E-state index is 0.730. The van der Waals surface area contributed by atoms with E-state index in [4.69, 9.17) is 4.74 Å². The standard InChI is InChI=1S/C16H26N2O/c1-3-18(15-8-10-17-11-9-15)12-13-19-16-6-4-14(2)5-7-16/h4-7,15,17H,3,8-13H2,1-2H3. The van der Waals surface area contributed by atoms with Gasteiger partial charge in [-0.25, -0.2) is 0 Å². The molecule has 3 nitrogen and oxygen atoms in total. The first-order valence-electron chi connectivity index (χ1n) is 7.44. The smallest absolute Gasteiger partial charge is 0.119 e. The third-order valence-corrected chi connectivity index (χ3v) is 3.90. The predicted molar refractivity (Wildman–Crippen MR) is 79.8 cm³/mol. The zero-order valence-electron chi connectivity index (χ0n) is 12.2. The summed E-state index contributed by atoms with van der Waals surface area (Å²) >= 11 is 0. The van der Waals surface area contributed by atoms with E-state index in [-0.39, 0.29) is 0 Å². The first-order valence-corrected chi connectivity index (χ1v) is 7.44. The van der Waals surface area contributed by atoms with Crippen LogP contribution in [0.1, 0.15) is 25.3 Å². The van der Waals surface area contributed by atoms with Crippen molar-refractivity contribution in [2.24, 2.45) is 0 Å². The normalized spacial score (nSPS) is 16.8. The van der Waals surface area contributed by atoms with Crippen molar-refractivity contribution in [3.05, 3.63) is 29.8 Å². The van der Waals surface area contributed by atoms with Crippen LogP contribution in [0.25, 0.3) is 0 Å². The van der Waals surface area contributed by atoms with E-state index in [9.17, 15) is 0 Å². The summed E-state index contributed by atoms with van der Waals surface area (Å²) < 4.78 is 5.83. The van der Waals surface area contributed by atoms with Gasteiger partial charge in [0, 0.05) is 12.6 Å². The van der Waals surface area contributed by atoms with Crippen molar-refractivity contribution in [2.45, 2.75) is 32.7 Å². The molecule has 1 N–H and O–H groups in total. The number of benzene rings is 1. The minimum Gasteiger partial charge on any atom is -0.492 e. The molecule has 1 aromatic carbocycles. The molecule has 1 fully saturated rings. The van der Waals surface area contributed by atoms with Crippen molar-refractivity contribution in [1.82, 2.24) is 10.2 Å². The Balaban J connectivity index is 1.74. The van der Waals surface area contributed by atoms with Gasteiger partial charge in [-0.3, -0.25) is 4.90 Å². The van der Waals surface area contributed by atoms with Gasteiger partial charge in [-0.1, -0.05) is 24.6 Å². The lowest BCUT2D eigenvalue weighted by atomic mass is 10.1. The maximum Gasteiger partial charge on any atom is 0.119 e. The van der Waals surface area contributed by atoms with Crippen LogP contribution in [0.15, 0.2) is 24.3 Å². The van der Waals surface area contributed by atoms with Gasteiger partial charge in [0.05, 0.1) is 0 Å². The maximum absolute atomic E-state index is 5.83. The summed E-state index contributed by atoms with van der Waals surface area (Å²) in [6.45, 7) is 9.56. The molecule has 0 unspecified atom stereocenters. The van der Waals surface area contributed by atoms with Gasteiger partial charge >= 0.3 is 0 Å². The summed E-state index contributed by atoms with van der Waals surface area (Å²) in [5, 5.41) is 3.42. The summed E-state index contributed by atoms with van der Waals surface area (Å²) in [5.41, 5.74) is 1.28. The minimum absolute atomic E-state index is 0.730. The van der Waals surface area contributed by atoms with Gasteiger partial charge in [0.2, 0.25) is 0 Å². The van der Waals surface area contributed by atoms with Crippen LogP contribution < -0.4 is 10.1 Å². The molecule has 1 saturated heterocycles. The molecule has 1 aliphatic rings. The van der Waals surface area contributed by atoms with Crippen molar-refractivity contribution in [3.8, 4) is 5.75 Å². The lowest BCUT2D eigenvalue weighted by molar-refractivity contribution is 0.141. The number of likely N-dealkylation sites (N-methyl/N-ethyl adjacent to an activating group) is 1. The van der Waals surface area contributed by atoms with Gasteiger partial charge in [0.1, 0.15) is 12.4 Å². The number of hydrogen-bond acceptors (Lipinski definition) is 3. The number of piperidine rings is 1. The molecule has 0 aromatic heterocycles. The summed E-state index contributed by atoms with van der Waals surface area (Å²) in [6.07, 6.45) is 2.52. The van der Waals surface area contributed by atoms with Crippen LogP contribution in [0.2, 0.25) is 0 Å².